The summed E-state index contributed by atoms with van der Waals surface area (Å²) in [6.07, 6.45) is 1.56. The van der Waals surface area contributed by atoms with Crippen LogP contribution in [0.5, 0.6) is 0 Å². The molecule has 60 valence electrons. The molecule has 0 aliphatic carbocycles. The smallest absolute Gasteiger partial charge is 0.126 e. The Morgan fingerprint density at radius 2 is 2.18 bits per heavy atom. The van der Waals surface area contributed by atoms with E-state index in [1.807, 2.05) is 6.07 Å². The number of anilines is 1. The van der Waals surface area contributed by atoms with Gasteiger partial charge in [0.05, 0.1) is 5.02 Å². The molecule has 11 heavy (non-hydrogen) atoms. The van der Waals surface area contributed by atoms with Crippen molar-refractivity contribution in [1.29, 1.82) is 0 Å². The first-order chi connectivity index (χ1) is 5.11. The summed E-state index contributed by atoms with van der Waals surface area (Å²) in [5.74, 6) is 0.950. The molecule has 2 N–H and O–H groups in total. The predicted molar refractivity (Wildman–Crippen MR) is 47.7 cm³/mol. The molecule has 0 amide bonds. The second kappa shape index (κ2) is 3.09. The molecular weight excluding hydrogens is 160 g/mol. The lowest BCUT2D eigenvalue weighted by Crippen LogP contribution is -1.98. The SMILES string of the molecule is CC(C)c1cc(Cl)cnc1N. The highest BCUT2D eigenvalue weighted by Gasteiger charge is 2.04. The van der Waals surface area contributed by atoms with Gasteiger partial charge in [-0.15, -0.1) is 0 Å². The van der Waals surface area contributed by atoms with Gasteiger partial charge in [0.15, 0.2) is 0 Å². The lowest BCUT2D eigenvalue weighted by atomic mass is 10.1. The van der Waals surface area contributed by atoms with Crippen molar-refractivity contribution in [2.45, 2.75) is 19.8 Å². The van der Waals surface area contributed by atoms with Gasteiger partial charge >= 0.3 is 0 Å². The third-order valence-corrected chi connectivity index (χ3v) is 1.74. The second-order valence-corrected chi connectivity index (χ2v) is 3.22. The highest BCUT2D eigenvalue weighted by molar-refractivity contribution is 6.30. The van der Waals surface area contributed by atoms with E-state index in [1.54, 1.807) is 6.20 Å². The van der Waals surface area contributed by atoms with Crippen LogP contribution < -0.4 is 5.73 Å². The van der Waals surface area contributed by atoms with Crippen LogP contribution in [0.25, 0.3) is 0 Å². The summed E-state index contributed by atoms with van der Waals surface area (Å²) >= 11 is 5.74. The quantitative estimate of drug-likeness (QED) is 0.703. The van der Waals surface area contributed by atoms with E-state index in [4.69, 9.17) is 17.3 Å². The first kappa shape index (κ1) is 8.34. The van der Waals surface area contributed by atoms with Crippen LogP contribution in [0.2, 0.25) is 5.02 Å². The predicted octanol–water partition coefficient (Wildman–Crippen LogP) is 2.44. The van der Waals surface area contributed by atoms with Crippen LogP contribution in [0.4, 0.5) is 5.82 Å². The van der Waals surface area contributed by atoms with Crippen LogP contribution in [-0.2, 0) is 0 Å². The van der Waals surface area contributed by atoms with Crippen LogP contribution >= 0.6 is 11.6 Å². The Labute approximate surface area is 71.4 Å². The van der Waals surface area contributed by atoms with Gasteiger partial charge in [-0.1, -0.05) is 25.4 Å². The van der Waals surface area contributed by atoms with Gasteiger partial charge in [0.1, 0.15) is 5.82 Å². The zero-order valence-corrected chi connectivity index (χ0v) is 7.39. The van der Waals surface area contributed by atoms with Gasteiger partial charge in [-0.2, -0.15) is 0 Å². The van der Waals surface area contributed by atoms with Gasteiger partial charge < -0.3 is 5.73 Å². The number of nitrogens with two attached hydrogens (primary N) is 1. The number of hydrogen-bond acceptors (Lipinski definition) is 2. The van der Waals surface area contributed by atoms with Gasteiger partial charge in [0.2, 0.25) is 0 Å². The molecule has 0 radical (unpaired) electrons. The van der Waals surface area contributed by atoms with Crippen molar-refractivity contribution < 1.29 is 0 Å². The van der Waals surface area contributed by atoms with Crippen LogP contribution in [-0.4, -0.2) is 4.98 Å². The highest BCUT2D eigenvalue weighted by atomic mass is 35.5. The molecule has 1 aromatic rings. The van der Waals surface area contributed by atoms with Crippen LogP contribution in [0, 0.1) is 0 Å². The van der Waals surface area contributed by atoms with Crippen LogP contribution in [0.15, 0.2) is 12.3 Å². The van der Waals surface area contributed by atoms with E-state index in [0.29, 0.717) is 16.8 Å². The number of aromatic nitrogens is 1. The maximum atomic E-state index is 5.74. The minimum Gasteiger partial charge on any atom is -0.383 e. The van der Waals surface area contributed by atoms with Crippen molar-refractivity contribution >= 4 is 17.4 Å². The van der Waals surface area contributed by atoms with Gasteiger partial charge in [-0.3, -0.25) is 0 Å². The Hall–Kier alpha value is -0.760. The van der Waals surface area contributed by atoms with E-state index in [1.165, 1.54) is 0 Å². The van der Waals surface area contributed by atoms with Crippen molar-refractivity contribution in [1.82, 2.24) is 4.98 Å². The summed E-state index contributed by atoms with van der Waals surface area (Å²) in [6, 6.07) is 1.86. The average Bonchev–Trinajstić information content (AvgIpc) is 1.94. The number of rotatable bonds is 1. The molecule has 1 aromatic heterocycles. The number of pyridine rings is 1. The van der Waals surface area contributed by atoms with Crippen molar-refractivity contribution in [3.05, 3.63) is 22.8 Å². The Morgan fingerprint density at radius 1 is 1.55 bits per heavy atom. The molecule has 0 unspecified atom stereocenters. The minimum atomic E-state index is 0.376. The van der Waals surface area contributed by atoms with E-state index in [0.717, 1.165) is 5.56 Å². The summed E-state index contributed by atoms with van der Waals surface area (Å²) in [7, 11) is 0. The largest absolute Gasteiger partial charge is 0.383 e. The van der Waals surface area contributed by atoms with Crippen molar-refractivity contribution in [3.63, 3.8) is 0 Å². The van der Waals surface area contributed by atoms with E-state index < -0.39 is 0 Å². The first-order valence-corrected chi connectivity index (χ1v) is 3.90. The topological polar surface area (TPSA) is 38.9 Å². The maximum Gasteiger partial charge on any atom is 0.126 e. The lowest BCUT2D eigenvalue weighted by Gasteiger charge is -2.07. The molecule has 0 saturated heterocycles. The van der Waals surface area contributed by atoms with E-state index >= 15 is 0 Å². The fourth-order valence-electron chi connectivity index (χ4n) is 0.928. The highest BCUT2D eigenvalue weighted by Crippen LogP contribution is 2.22. The zero-order chi connectivity index (χ0) is 8.43. The van der Waals surface area contributed by atoms with Gasteiger partial charge in [0, 0.05) is 6.20 Å². The van der Waals surface area contributed by atoms with Crippen molar-refractivity contribution in [2.24, 2.45) is 0 Å². The average molecular weight is 171 g/mol. The Bertz CT molecular complexity index is 258. The number of nitrogens with zero attached hydrogens (tertiary/aromatic N) is 1. The van der Waals surface area contributed by atoms with Gasteiger partial charge in [-0.25, -0.2) is 4.98 Å². The summed E-state index contributed by atoms with van der Waals surface area (Å²) in [5.41, 5.74) is 6.63. The standard InChI is InChI=1S/C8H11ClN2/c1-5(2)7-3-6(9)4-11-8(7)10/h3-5H,1-2H3,(H2,10,11). The van der Waals surface area contributed by atoms with Crippen molar-refractivity contribution in [2.75, 3.05) is 5.73 Å². The zero-order valence-electron chi connectivity index (χ0n) is 6.63. The van der Waals surface area contributed by atoms with Gasteiger partial charge in [0.25, 0.3) is 0 Å². The molecule has 0 aliphatic heterocycles. The minimum absolute atomic E-state index is 0.376. The summed E-state index contributed by atoms with van der Waals surface area (Å²) < 4.78 is 0. The number of halogens is 1. The van der Waals surface area contributed by atoms with Crippen molar-refractivity contribution in [3.8, 4) is 0 Å². The second-order valence-electron chi connectivity index (χ2n) is 2.78. The molecule has 0 spiro atoms. The molecule has 0 aromatic carbocycles. The van der Waals surface area contributed by atoms with E-state index in [9.17, 15) is 0 Å². The molecule has 0 bridgehead atoms. The fourth-order valence-corrected chi connectivity index (χ4v) is 1.09. The summed E-state index contributed by atoms with van der Waals surface area (Å²) in [5, 5.41) is 0.642. The van der Waals surface area contributed by atoms with Gasteiger partial charge in [-0.05, 0) is 17.5 Å². The number of hydrogen-bond donors (Lipinski definition) is 1. The van der Waals surface area contributed by atoms with E-state index in [2.05, 4.69) is 18.8 Å². The third-order valence-electron chi connectivity index (χ3n) is 1.54. The Balaban J connectivity index is 3.13. The van der Waals surface area contributed by atoms with E-state index in [-0.39, 0.29) is 0 Å². The molecule has 3 heteroatoms. The molecule has 0 aliphatic rings. The molecule has 0 atom stereocenters. The fraction of sp³-hybridized carbons (Fsp3) is 0.375. The molecular formula is C8H11ClN2. The molecule has 1 heterocycles. The Kier molecular flexibility index (Phi) is 2.35. The summed E-state index contributed by atoms with van der Waals surface area (Å²) in [4.78, 5) is 3.95. The molecule has 0 fully saturated rings. The molecule has 1 rings (SSSR count). The maximum absolute atomic E-state index is 5.74. The lowest BCUT2D eigenvalue weighted by molar-refractivity contribution is 0.863. The normalized spacial score (nSPS) is 10.5. The van der Waals surface area contributed by atoms with Crippen LogP contribution in [0.3, 0.4) is 0 Å². The first-order valence-electron chi connectivity index (χ1n) is 3.52. The third kappa shape index (κ3) is 1.84. The van der Waals surface area contributed by atoms with Crippen LogP contribution in [0.1, 0.15) is 25.3 Å². The molecule has 2 nitrogen and oxygen atoms in total. The number of nitrogen functional groups attached to an aromatic ring is 1. The summed E-state index contributed by atoms with van der Waals surface area (Å²) in [6.45, 7) is 4.12. The molecule has 0 saturated carbocycles. The Morgan fingerprint density at radius 3 is 2.64 bits per heavy atom. The monoisotopic (exact) mass is 170 g/mol.